The van der Waals surface area contributed by atoms with Crippen molar-refractivity contribution in [3.05, 3.63) is 23.9 Å². The molecule has 0 radical (unpaired) electrons. The zero-order valence-corrected chi connectivity index (χ0v) is 11.4. The van der Waals surface area contributed by atoms with Crippen LogP contribution in [0, 0.1) is 0 Å². The predicted molar refractivity (Wildman–Crippen MR) is 71.7 cm³/mol. The second kappa shape index (κ2) is 6.83. The van der Waals surface area contributed by atoms with Crippen molar-refractivity contribution in [1.29, 1.82) is 0 Å². The van der Waals surface area contributed by atoms with Crippen LogP contribution in [0.15, 0.2) is 18.2 Å². The summed E-state index contributed by atoms with van der Waals surface area (Å²) in [6, 6.07) is 5.08. The van der Waals surface area contributed by atoms with Gasteiger partial charge in [-0.3, -0.25) is 19.7 Å². The van der Waals surface area contributed by atoms with Crippen LogP contribution in [-0.4, -0.2) is 34.5 Å². The minimum absolute atomic E-state index is 0.0346. The first-order valence-corrected chi connectivity index (χ1v) is 6.71. The molecule has 0 aliphatic carbocycles. The number of amides is 2. The van der Waals surface area contributed by atoms with Gasteiger partial charge in [0.1, 0.15) is 0 Å². The molecule has 1 unspecified atom stereocenters. The van der Waals surface area contributed by atoms with Crippen LogP contribution < -0.4 is 10.1 Å². The number of hydrogen-bond acceptors (Lipinski definition) is 5. The molecular formula is C14H16N2O5. The van der Waals surface area contributed by atoms with Gasteiger partial charge in [0.15, 0.2) is 0 Å². The van der Waals surface area contributed by atoms with Crippen molar-refractivity contribution in [3.8, 4) is 5.88 Å². The lowest BCUT2D eigenvalue weighted by molar-refractivity contribution is -0.137. The van der Waals surface area contributed by atoms with Crippen molar-refractivity contribution >= 4 is 17.8 Å². The average Bonchev–Trinajstić information content (AvgIpc) is 2.44. The van der Waals surface area contributed by atoms with Crippen LogP contribution in [0.5, 0.6) is 5.88 Å². The summed E-state index contributed by atoms with van der Waals surface area (Å²) in [4.78, 5) is 37.5. The normalized spacial score (nSPS) is 18.2. The molecule has 0 bridgehead atoms. The van der Waals surface area contributed by atoms with Gasteiger partial charge >= 0.3 is 5.97 Å². The van der Waals surface area contributed by atoms with Crippen molar-refractivity contribution in [1.82, 2.24) is 10.3 Å². The molecule has 0 spiro atoms. The molecule has 7 nitrogen and oxygen atoms in total. The average molecular weight is 292 g/mol. The van der Waals surface area contributed by atoms with Crippen molar-refractivity contribution in [2.45, 2.75) is 31.6 Å². The van der Waals surface area contributed by atoms with Gasteiger partial charge in [-0.25, -0.2) is 4.98 Å². The molecule has 1 saturated heterocycles. The third kappa shape index (κ3) is 4.27. The Kier molecular flexibility index (Phi) is 4.86. The lowest BCUT2D eigenvalue weighted by atomic mass is 9.94. The van der Waals surface area contributed by atoms with E-state index >= 15 is 0 Å². The zero-order valence-electron chi connectivity index (χ0n) is 11.4. The smallest absolute Gasteiger partial charge is 0.303 e. The second-order valence-corrected chi connectivity index (χ2v) is 4.75. The highest BCUT2D eigenvalue weighted by Crippen LogP contribution is 2.24. The minimum atomic E-state index is -0.871. The monoisotopic (exact) mass is 292 g/mol. The van der Waals surface area contributed by atoms with Gasteiger partial charge in [-0.05, 0) is 18.9 Å². The van der Waals surface area contributed by atoms with E-state index in [9.17, 15) is 14.4 Å². The highest BCUT2D eigenvalue weighted by Gasteiger charge is 2.29. The summed E-state index contributed by atoms with van der Waals surface area (Å²) in [5, 5.41) is 10.8. The van der Waals surface area contributed by atoms with E-state index in [1.807, 2.05) is 0 Å². The fourth-order valence-corrected chi connectivity index (χ4v) is 2.08. The van der Waals surface area contributed by atoms with Crippen molar-refractivity contribution in [2.75, 3.05) is 6.61 Å². The molecule has 0 saturated carbocycles. The van der Waals surface area contributed by atoms with Gasteiger partial charge in [-0.15, -0.1) is 0 Å². The largest absolute Gasteiger partial charge is 0.481 e. The zero-order chi connectivity index (χ0) is 15.2. The first-order valence-electron chi connectivity index (χ1n) is 6.71. The molecule has 2 rings (SSSR count). The van der Waals surface area contributed by atoms with Gasteiger partial charge in [0, 0.05) is 18.9 Å². The number of carbonyl (C=O) groups is 3. The maximum absolute atomic E-state index is 11.8. The van der Waals surface area contributed by atoms with Gasteiger partial charge in [-0.2, -0.15) is 0 Å². The van der Waals surface area contributed by atoms with E-state index in [-0.39, 0.29) is 24.8 Å². The molecule has 2 N–H and O–H groups in total. The number of nitrogens with one attached hydrogen (secondary N) is 1. The van der Waals surface area contributed by atoms with Crippen LogP contribution in [0.25, 0.3) is 0 Å². The van der Waals surface area contributed by atoms with Crippen LogP contribution in [-0.2, 0) is 14.4 Å². The summed E-state index contributed by atoms with van der Waals surface area (Å²) in [5.74, 6) is -1.59. The summed E-state index contributed by atoms with van der Waals surface area (Å²) in [5.41, 5.74) is 0.552. The molecule has 1 aliphatic rings. The number of carbonyl (C=O) groups excluding carboxylic acids is 2. The quantitative estimate of drug-likeness (QED) is 0.594. The van der Waals surface area contributed by atoms with Crippen LogP contribution in [0.3, 0.4) is 0 Å². The van der Waals surface area contributed by atoms with Gasteiger partial charge in [-0.1, -0.05) is 6.07 Å². The fraction of sp³-hybridized carbons (Fsp3) is 0.429. The van der Waals surface area contributed by atoms with Gasteiger partial charge < -0.3 is 9.84 Å². The van der Waals surface area contributed by atoms with Crippen LogP contribution in [0.4, 0.5) is 0 Å². The number of rotatable bonds is 6. The first kappa shape index (κ1) is 15.0. The summed E-state index contributed by atoms with van der Waals surface area (Å²) < 4.78 is 5.37. The molecule has 2 heterocycles. The maximum Gasteiger partial charge on any atom is 0.303 e. The number of nitrogens with zero attached hydrogens (tertiary/aromatic N) is 1. The number of imide groups is 1. The Morgan fingerprint density at radius 2 is 2.24 bits per heavy atom. The van der Waals surface area contributed by atoms with Crippen molar-refractivity contribution in [2.24, 2.45) is 0 Å². The Labute approximate surface area is 121 Å². The third-order valence-electron chi connectivity index (χ3n) is 3.13. The first-order chi connectivity index (χ1) is 10.1. The second-order valence-electron chi connectivity index (χ2n) is 4.75. The Bertz CT molecular complexity index is 558. The van der Waals surface area contributed by atoms with Crippen molar-refractivity contribution in [3.63, 3.8) is 0 Å². The number of aliphatic carboxylic acids is 1. The Hall–Kier alpha value is -2.44. The van der Waals surface area contributed by atoms with Crippen LogP contribution in [0.1, 0.15) is 37.3 Å². The molecule has 1 fully saturated rings. The molecule has 7 heteroatoms. The van der Waals surface area contributed by atoms with E-state index < -0.39 is 11.9 Å². The molecule has 1 atom stereocenters. The summed E-state index contributed by atoms with van der Waals surface area (Å²) in [7, 11) is 0. The molecule has 0 aromatic carbocycles. The van der Waals surface area contributed by atoms with E-state index in [1.54, 1.807) is 18.2 Å². The van der Waals surface area contributed by atoms with E-state index in [0.29, 0.717) is 30.8 Å². The highest BCUT2D eigenvalue weighted by atomic mass is 16.5. The molecule has 112 valence electrons. The van der Waals surface area contributed by atoms with Gasteiger partial charge in [0.25, 0.3) is 0 Å². The lowest BCUT2D eigenvalue weighted by Crippen LogP contribution is -2.39. The summed E-state index contributed by atoms with van der Waals surface area (Å²) in [6.07, 6.45) is 1.15. The van der Waals surface area contributed by atoms with Gasteiger partial charge in [0.05, 0.1) is 18.2 Å². The topological polar surface area (TPSA) is 106 Å². The van der Waals surface area contributed by atoms with Gasteiger partial charge in [0.2, 0.25) is 17.7 Å². The number of carboxylic acid groups (broad SMARTS) is 1. The number of pyridine rings is 1. The number of aromatic nitrogens is 1. The summed E-state index contributed by atoms with van der Waals surface area (Å²) >= 11 is 0. The van der Waals surface area contributed by atoms with Crippen molar-refractivity contribution < 1.29 is 24.2 Å². The number of carboxylic acids is 1. The van der Waals surface area contributed by atoms with E-state index in [4.69, 9.17) is 9.84 Å². The number of piperidine rings is 1. The molecule has 2 amide bonds. The molecule has 21 heavy (non-hydrogen) atoms. The predicted octanol–water partition coefficient (Wildman–Crippen LogP) is 0.845. The molecule has 1 aromatic heterocycles. The Morgan fingerprint density at radius 3 is 2.95 bits per heavy atom. The molecule has 1 aliphatic heterocycles. The Balaban J connectivity index is 1.95. The maximum atomic E-state index is 11.8. The minimum Gasteiger partial charge on any atom is -0.481 e. The number of hydrogen-bond donors (Lipinski definition) is 2. The Morgan fingerprint density at radius 1 is 1.43 bits per heavy atom. The lowest BCUT2D eigenvalue weighted by Gasteiger charge is -2.20. The van der Waals surface area contributed by atoms with E-state index in [2.05, 4.69) is 10.3 Å². The standard InChI is InChI=1S/C14H16N2O5/c17-11-7-6-9(14(20)16-11)10-3-1-4-12(15-10)21-8-2-5-13(18)19/h1,3-4,9H,2,5-8H2,(H,18,19)(H,16,17,20). The molecule has 1 aromatic rings. The van der Waals surface area contributed by atoms with Crippen LogP contribution in [0.2, 0.25) is 0 Å². The third-order valence-corrected chi connectivity index (χ3v) is 3.13. The summed E-state index contributed by atoms with van der Waals surface area (Å²) in [6.45, 7) is 0.248. The SMILES string of the molecule is O=C(O)CCCOc1cccc(C2CCC(=O)NC2=O)n1. The van der Waals surface area contributed by atoms with Crippen LogP contribution >= 0.6 is 0 Å². The number of ether oxygens (including phenoxy) is 1. The molecular weight excluding hydrogens is 276 g/mol. The highest BCUT2D eigenvalue weighted by molar-refractivity contribution is 6.00. The van der Waals surface area contributed by atoms with E-state index in [0.717, 1.165) is 0 Å². The fourth-order valence-electron chi connectivity index (χ4n) is 2.08. The van der Waals surface area contributed by atoms with E-state index in [1.165, 1.54) is 0 Å².